The summed E-state index contributed by atoms with van der Waals surface area (Å²) < 4.78 is 70.4. The first-order valence-electron chi connectivity index (χ1n) is 12.8. The number of hydrogen-bond donors (Lipinski definition) is 3. The number of amides is 1. The summed E-state index contributed by atoms with van der Waals surface area (Å²) in [5, 5.41) is 1.19. The third-order valence-corrected chi connectivity index (χ3v) is 6.95. The first kappa shape index (κ1) is 31.0. The Morgan fingerprint density at radius 3 is 2.23 bits per heavy atom. The minimum absolute atomic E-state index is 0.187. The highest BCUT2D eigenvalue weighted by molar-refractivity contribution is 5.87. The van der Waals surface area contributed by atoms with Gasteiger partial charge in [0, 0.05) is 18.0 Å². The summed E-state index contributed by atoms with van der Waals surface area (Å²) in [5.74, 6) is 5.90. The molecule has 1 aromatic heterocycles. The molecule has 8 nitrogen and oxygen atoms in total. The van der Waals surface area contributed by atoms with Crippen LogP contribution in [0.2, 0.25) is 0 Å². The van der Waals surface area contributed by atoms with Crippen LogP contribution in [-0.4, -0.2) is 21.8 Å². The van der Waals surface area contributed by atoms with E-state index in [2.05, 4.69) is 9.72 Å². The van der Waals surface area contributed by atoms with Gasteiger partial charge in [0.2, 0.25) is 5.91 Å². The second-order valence-corrected chi connectivity index (χ2v) is 10.2. The van der Waals surface area contributed by atoms with Gasteiger partial charge in [-0.15, -0.1) is 13.2 Å². The number of rotatable bonds is 9. The number of nitrogens with zero attached hydrogens (tertiary/aromatic N) is 3. The molecule has 0 saturated heterocycles. The predicted molar refractivity (Wildman–Crippen MR) is 153 cm³/mol. The van der Waals surface area contributed by atoms with Gasteiger partial charge >= 0.3 is 6.36 Å². The van der Waals surface area contributed by atoms with Gasteiger partial charge in [0.15, 0.2) is 0 Å². The van der Waals surface area contributed by atoms with Crippen molar-refractivity contribution >= 4 is 17.3 Å². The number of carbonyl (C=O) groups excluding carboxylic acids is 1. The maximum Gasteiger partial charge on any atom is 0.573 e. The smallest absolute Gasteiger partial charge is 0.406 e. The van der Waals surface area contributed by atoms with Crippen LogP contribution in [0.5, 0.6) is 5.75 Å². The lowest BCUT2D eigenvalue weighted by Gasteiger charge is -2.26. The molecule has 1 heterocycles. The summed E-state index contributed by atoms with van der Waals surface area (Å²) in [6.45, 7) is 4.96. The number of primary amides is 1. The Labute approximate surface area is 244 Å². The standard InChI is InChI=1S/C30H29F5N6O2/c1-17-39-23(27(31)32)16-40(17)24-12-9-20(19-5-4-6-21(13-19)29(2,3)28(37)42)14-25(24)41(38)26(15-36)18-7-10-22(11-8-18)43-30(33,34)35/h4-16,27H,36,38H2,1-3H3,(H2,37,42)/b26-15-. The number of aromatic nitrogens is 2. The molecule has 13 heteroatoms. The molecule has 4 aromatic rings. The molecule has 0 saturated carbocycles. The van der Waals surface area contributed by atoms with Crippen molar-refractivity contribution in [1.82, 2.24) is 9.55 Å². The van der Waals surface area contributed by atoms with E-state index < -0.39 is 35.6 Å². The normalized spacial score (nSPS) is 12.5. The van der Waals surface area contributed by atoms with Crippen LogP contribution in [0.3, 0.4) is 0 Å². The maximum atomic E-state index is 13.5. The Kier molecular flexibility index (Phi) is 8.49. The third-order valence-electron chi connectivity index (χ3n) is 6.95. The number of anilines is 1. The van der Waals surface area contributed by atoms with Gasteiger partial charge in [0.25, 0.3) is 6.43 Å². The first-order chi connectivity index (χ1) is 20.1. The van der Waals surface area contributed by atoms with Crippen molar-refractivity contribution in [2.75, 3.05) is 5.01 Å². The van der Waals surface area contributed by atoms with Crippen molar-refractivity contribution < 1.29 is 31.5 Å². The van der Waals surface area contributed by atoms with Gasteiger partial charge in [-0.1, -0.05) is 30.3 Å². The summed E-state index contributed by atoms with van der Waals surface area (Å²) in [7, 11) is 0. The summed E-state index contributed by atoms with van der Waals surface area (Å²) in [4.78, 5) is 16.0. The van der Waals surface area contributed by atoms with E-state index in [9.17, 15) is 26.7 Å². The Hall–Kier alpha value is -4.91. The van der Waals surface area contributed by atoms with Gasteiger partial charge in [-0.3, -0.25) is 9.80 Å². The summed E-state index contributed by atoms with van der Waals surface area (Å²) in [5.41, 5.74) is 13.4. The van der Waals surface area contributed by atoms with Crippen molar-refractivity contribution in [2.24, 2.45) is 17.3 Å². The number of carbonyl (C=O) groups is 1. The molecule has 0 aliphatic heterocycles. The van der Waals surface area contributed by atoms with Gasteiger partial charge in [-0.25, -0.2) is 19.6 Å². The number of halogens is 5. The van der Waals surface area contributed by atoms with Crippen molar-refractivity contribution in [2.45, 2.75) is 39.0 Å². The zero-order chi connectivity index (χ0) is 31.7. The van der Waals surface area contributed by atoms with E-state index in [4.69, 9.17) is 17.3 Å². The number of ether oxygens (including phenoxy) is 1. The Morgan fingerprint density at radius 2 is 1.67 bits per heavy atom. The van der Waals surface area contributed by atoms with E-state index in [0.717, 1.165) is 18.3 Å². The highest BCUT2D eigenvalue weighted by Crippen LogP contribution is 2.36. The minimum atomic E-state index is -4.87. The number of imidazole rings is 1. The van der Waals surface area contributed by atoms with Crippen LogP contribution in [0.1, 0.15) is 42.9 Å². The summed E-state index contributed by atoms with van der Waals surface area (Å²) >= 11 is 0. The second-order valence-electron chi connectivity index (χ2n) is 10.2. The molecule has 3 aromatic carbocycles. The average Bonchev–Trinajstić information content (AvgIpc) is 3.34. The van der Waals surface area contributed by atoms with Gasteiger partial charge in [-0.05, 0) is 73.9 Å². The molecule has 0 atom stereocenters. The van der Waals surface area contributed by atoms with Crippen LogP contribution in [0.25, 0.3) is 22.5 Å². The fourth-order valence-electron chi connectivity index (χ4n) is 4.45. The predicted octanol–water partition coefficient (Wildman–Crippen LogP) is 6.08. The molecule has 0 bridgehead atoms. The van der Waals surface area contributed by atoms with Crippen LogP contribution < -0.4 is 27.1 Å². The van der Waals surface area contributed by atoms with E-state index >= 15 is 0 Å². The molecule has 1 amide bonds. The zero-order valence-electron chi connectivity index (χ0n) is 23.4. The van der Waals surface area contributed by atoms with E-state index in [1.54, 1.807) is 57.2 Å². The van der Waals surface area contributed by atoms with Gasteiger partial charge < -0.3 is 20.8 Å². The Bertz CT molecular complexity index is 1660. The lowest BCUT2D eigenvalue weighted by molar-refractivity contribution is -0.274. The van der Waals surface area contributed by atoms with E-state index in [1.165, 1.54) is 27.9 Å². The van der Waals surface area contributed by atoms with Crippen LogP contribution in [0, 0.1) is 6.92 Å². The van der Waals surface area contributed by atoms with E-state index in [-0.39, 0.29) is 11.5 Å². The van der Waals surface area contributed by atoms with Crippen LogP contribution >= 0.6 is 0 Å². The molecule has 0 aliphatic carbocycles. The Morgan fingerprint density at radius 1 is 1.02 bits per heavy atom. The SMILES string of the molecule is Cc1nc(C(F)F)cn1-c1ccc(-c2cccc(C(C)(C)C(N)=O)c2)cc1N(N)/C(=C\N)c1ccc(OC(F)(F)F)cc1. The molecular formula is C30H29F5N6O2. The maximum absolute atomic E-state index is 13.5. The molecule has 6 N–H and O–H groups in total. The quantitative estimate of drug-likeness (QED) is 0.121. The van der Waals surface area contributed by atoms with Crippen molar-refractivity contribution in [3.05, 3.63) is 102 Å². The fraction of sp³-hybridized carbons (Fsp3) is 0.200. The van der Waals surface area contributed by atoms with E-state index in [0.29, 0.717) is 33.6 Å². The fourth-order valence-corrected chi connectivity index (χ4v) is 4.45. The third kappa shape index (κ3) is 6.61. The van der Waals surface area contributed by atoms with Gasteiger partial charge in [0.05, 0.1) is 22.5 Å². The number of hydrogen-bond acceptors (Lipinski definition) is 6. The lowest BCUT2D eigenvalue weighted by atomic mass is 9.82. The zero-order valence-corrected chi connectivity index (χ0v) is 23.4. The molecule has 0 fully saturated rings. The monoisotopic (exact) mass is 600 g/mol. The molecule has 226 valence electrons. The molecular weight excluding hydrogens is 571 g/mol. The second kappa shape index (κ2) is 11.8. The molecule has 4 rings (SSSR count). The van der Waals surface area contributed by atoms with Crippen molar-refractivity contribution in [3.8, 4) is 22.6 Å². The highest BCUT2D eigenvalue weighted by Gasteiger charge is 2.31. The molecule has 0 radical (unpaired) electrons. The van der Waals surface area contributed by atoms with Gasteiger partial charge in [0.1, 0.15) is 17.3 Å². The molecule has 43 heavy (non-hydrogen) atoms. The largest absolute Gasteiger partial charge is 0.573 e. The van der Waals surface area contributed by atoms with Crippen LogP contribution in [0.15, 0.2) is 79.1 Å². The molecule has 0 spiro atoms. The summed E-state index contributed by atoms with van der Waals surface area (Å²) in [6.07, 6.45) is -5.33. The van der Waals surface area contributed by atoms with Crippen LogP contribution in [-0.2, 0) is 10.2 Å². The average molecular weight is 601 g/mol. The van der Waals surface area contributed by atoms with Crippen molar-refractivity contribution in [3.63, 3.8) is 0 Å². The molecule has 0 unspecified atom stereocenters. The highest BCUT2D eigenvalue weighted by atomic mass is 19.4. The number of benzene rings is 3. The van der Waals surface area contributed by atoms with Crippen molar-refractivity contribution in [1.29, 1.82) is 0 Å². The van der Waals surface area contributed by atoms with Crippen LogP contribution in [0.4, 0.5) is 27.6 Å². The first-order valence-corrected chi connectivity index (χ1v) is 12.8. The molecule has 0 aliphatic rings. The lowest BCUT2D eigenvalue weighted by Crippen LogP contribution is -2.35. The number of hydrazine groups is 1. The topological polar surface area (TPSA) is 125 Å². The number of nitrogens with two attached hydrogens (primary N) is 3. The van der Waals surface area contributed by atoms with E-state index in [1.807, 2.05) is 6.07 Å². The summed E-state index contributed by atoms with van der Waals surface area (Å²) in [6, 6.07) is 17.2. The minimum Gasteiger partial charge on any atom is -0.406 e. The van der Waals surface area contributed by atoms with Gasteiger partial charge in [-0.2, -0.15) is 0 Å². The number of alkyl halides is 5. The Balaban J connectivity index is 1.85. The number of aryl methyl sites for hydroxylation is 1.